The van der Waals surface area contributed by atoms with Crippen molar-refractivity contribution in [2.45, 2.75) is 4.90 Å². The van der Waals surface area contributed by atoms with Gasteiger partial charge in [0.05, 0.1) is 22.2 Å². The van der Waals surface area contributed by atoms with Gasteiger partial charge in [-0.15, -0.1) is 0 Å². The summed E-state index contributed by atoms with van der Waals surface area (Å²) in [5.74, 6) is -1.28. The summed E-state index contributed by atoms with van der Waals surface area (Å²) in [7, 11) is -4.48. The van der Waals surface area contributed by atoms with Crippen LogP contribution in [0.2, 0.25) is 0 Å². The predicted molar refractivity (Wildman–Crippen MR) is 69.4 cm³/mol. The van der Waals surface area contributed by atoms with Crippen LogP contribution in [0.15, 0.2) is 63.7 Å². The van der Waals surface area contributed by atoms with Gasteiger partial charge in [-0.3, -0.25) is 0 Å². The maximum Gasteiger partial charge on any atom is 0.124 e. The van der Waals surface area contributed by atoms with Gasteiger partial charge in [-0.05, 0) is 42.0 Å². The van der Waals surface area contributed by atoms with Crippen molar-refractivity contribution in [1.82, 2.24) is 0 Å². The van der Waals surface area contributed by atoms with E-state index in [0.717, 1.165) is 12.1 Å². The van der Waals surface area contributed by atoms with Gasteiger partial charge < -0.3 is 14.5 Å². The van der Waals surface area contributed by atoms with Gasteiger partial charge in [0, 0.05) is 0 Å². The average Bonchev–Trinajstić information content (AvgIpc) is 2.45. The third kappa shape index (κ3) is 3.94. The van der Waals surface area contributed by atoms with Crippen LogP contribution in [0.1, 0.15) is 10.4 Å². The number of aromatic carboxylic acids is 1. The number of benzene rings is 2. The Morgan fingerprint density at radius 3 is 1.67 bits per heavy atom. The Morgan fingerprint density at radius 1 is 0.857 bits per heavy atom. The summed E-state index contributed by atoms with van der Waals surface area (Å²) in [5, 5.41) is 18.3. The van der Waals surface area contributed by atoms with E-state index in [1.54, 1.807) is 0 Å². The molecule has 21 heavy (non-hydrogen) atoms. The highest BCUT2D eigenvalue weighted by Gasteiger charge is 2.00. The Bertz CT molecular complexity index is 780. The molecule has 0 saturated carbocycles. The van der Waals surface area contributed by atoms with Crippen LogP contribution in [-0.2, 0) is 10.1 Å². The number of hydrogen-bond acceptors (Lipinski definition) is 7. The minimum atomic E-state index is -4.48. The summed E-state index contributed by atoms with van der Waals surface area (Å²) in [6.07, 6.45) is 0. The highest BCUT2D eigenvalue weighted by atomic mass is 32.2. The Balaban J connectivity index is 2.15. The van der Waals surface area contributed by atoms with Crippen molar-refractivity contribution < 1.29 is 22.9 Å². The third-order valence-corrected chi connectivity index (χ3v) is 3.36. The Labute approximate surface area is 120 Å². The summed E-state index contributed by atoms with van der Waals surface area (Å²) in [6.45, 7) is 0. The van der Waals surface area contributed by atoms with E-state index in [2.05, 4.69) is 10.2 Å². The first kappa shape index (κ1) is 14.8. The van der Waals surface area contributed by atoms with E-state index >= 15 is 0 Å². The molecule has 8 heteroatoms. The molecule has 2 rings (SSSR count). The van der Waals surface area contributed by atoms with E-state index in [0.29, 0.717) is 11.4 Å². The lowest BCUT2D eigenvalue weighted by molar-refractivity contribution is -0.255. The molecule has 0 atom stereocenters. The zero-order chi connectivity index (χ0) is 15.5. The molecule has 0 aliphatic rings. The molecule has 0 spiro atoms. The first-order valence-electron chi connectivity index (χ1n) is 5.65. The highest BCUT2D eigenvalue weighted by molar-refractivity contribution is 7.85. The Morgan fingerprint density at radius 2 is 1.29 bits per heavy atom. The van der Waals surface area contributed by atoms with Crippen LogP contribution in [0.4, 0.5) is 11.4 Å². The second kappa shape index (κ2) is 5.81. The molecule has 108 valence electrons. The Kier molecular flexibility index (Phi) is 4.10. The number of carboxylic acids is 1. The first-order valence-corrected chi connectivity index (χ1v) is 7.06. The number of carboxylic acid groups (broad SMARTS) is 1. The van der Waals surface area contributed by atoms with E-state index in [9.17, 15) is 22.9 Å². The molecule has 0 heterocycles. The number of nitrogens with zero attached hydrogens (tertiary/aromatic N) is 2. The van der Waals surface area contributed by atoms with Crippen LogP contribution in [0.5, 0.6) is 0 Å². The average molecular weight is 304 g/mol. The van der Waals surface area contributed by atoms with E-state index in [1.807, 2.05) is 0 Å². The number of azo groups is 1. The van der Waals surface area contributed by atoms with Crippen LogP contribution < -0.4 is 5.11 Å². The molecule has 0 saturated heterocycles. The summed E-state index contributed by atoms with van der Waals surface area (Å²) in [4.78, 5) is 10.2. The molecular formula is C13H8N2O5S-2. The van der Waals surface area contributed by atoms with Gasteiger partial charge >= 0.3 is 0 Å². The fourth-order valence-corrected chi connectivity index (χ4v) is 1.93. The molecule has 2 aromatic carbocycles. The van der Waals surface area contributed by atoms with Crippen molar-refractivity contribution in [3.05, 3.63) is 54.1 Å². The maximum absolute atomic E-state index is 10.7. The zero-order valence-electron chi connectivity index (χ0n) is 10.5. The molecule has 2 aromatic rings. The lowest BCUT2D eigenvalue weighted by Gasteiger charge is -2.05. The molecule has 0 aromatic heterocycles. The molecule has 0 bridgehead atoms. The molecule has 0 N–H and O–H groups in total. The largest absolute Gasteiger partial charge is 0.744 e. The topological polar surface area (TPSA) is 122 Å². The van der Waals surface area contributed by atoms with E-state index in [-0.39, 0.29) is 10.5 Å². The SMILES string of the molecule is O=C([O-])c1ccc(N=Nc2ccc(S(=O)(=O)[O-])cc2)cc1. The smallest absolute Gasteiger partial charge is 0.124 e. The molecule has 7 nitrogen and oxygen atoms in total. The normalized spacial score (nSPS) is 11.7. The summed E-state index contributed by atoms with van der Waals surface area (Å²) >= 11 is 0. The minimum Gasteiger partial charge on any atom is -0.744 e. The van der Waals surface area contributed by atoms with Gasteiger partial charge in [-0.1, -0.05) is 12.1 Å². The summed E-state index contributed by atoms with van der Waals surface area (Å²) < 4.78 is 32.2. The number of carbonyl (C=O) groups is 1. The fraction of sp³-hybridized carbons (Fsp3) is 0. The number of rotatable bonds is 4. The second-order valence-corrected chi connectivity index (χ2v) is 5.36. The number of carbonyl (C=O) groups excluding carboxylic acids is 1. The molecule has 0 radical (unpaired) electrons. The van der Waals surface area contributed by atoms with Gasteiger partial charge in [0.25, 0.3) is 0 Å². The first-order chi connectivity index (χ1) is 9.86. The monoisotopic (exact) mass is 304 g/mol. The number of hydrogen-bond donors (Lipinski definition) is 0. The molecule has 0 aliphatic carbocycles. The molecule has 0 amide bonds. The van der Waals surface area contributed by atoms with Crippen molar-refractivity contribution in [1.29, 1.82) is 0 Å². The summed E-state index contributed by atoms with van der Waals surface area (Å²) in [5.41, 5.74) is 0.797. The van der Waals surface area contributed by atoms with Gasteiger partial charge in [0.1, 0.15) is 10.1 Å². The predicted octanol–water partition coefficient (Wildman–Crippen LogP) is 1.37. The van der Waals surface area contributed by atoms with Gasteiger partial charge in [-0.25, -0.2) is 8.42 Å². The minimum absolute atomic E-state index is 0.0268. The molecular weight excluding hydrogens is 296 g/mol. The fourth-order valence-electron chi connectivity index (χ4n) is 1.46. The molecule has 0 unspecified atom stereocenters. The zero-order valence-corrected chi connectivity index (χ0v) is 11.3. The van der Waals surface area contributed by atoms with E-state index in [1.165, 1.54) is 36.4 Å². The van der Waals surface area contributed by atoms with Crippen LogP contribution in [0, 0.1) is 0 Å². The van der Waals surface area contributed by atoms with Crippen molar-refractivity contribution in [3.63, 3.8) is 0 Å². The van der Waals surface area contributed by atoms with Gasteiger partial charge in [-0.2, -0.15) is 10.2 Å². The van der Waals surface area contributed by atoms with Crippen molar-refractivity contribution in [3.8, 4) is 0 Å². The van der Waals surface area contributed by atoms with Crippen LogP contribution in [0.25, 0.3) is 0 Å². The molecule has 0 aliphatic heterocycles. The standard InChI is InChI=1S/C13H10N2O5S/c16-13(17)9-1-3-10(4-2-9)14-15-11-5-7-12(8-6-11)21(18,19)20/h1-8H,(H,16,17)(H,18,19,20)/p-2. The van der Waals surface area contributed by atoms with Crippen molar-refractivity contribution in [2.24, 2.45) is 10.2 Å². The van der Waals surface area contributed by atoms with Crippen molar-refractivity contribution in [2.75, 3.05) is 0 Å². The van der Waals surface area contributed by atoms with Crippen molar-refractivity contribution >= 4 is 27.5 Å². The molecule has 0 fully saturated rings. The highest BCUT2D eigenvalue weighted by Crippen LogP contribution is 2.20. The lowest BCUT2D eigenvalue weighted by atomic mass is 10.2. The van der Waals surface area contributed by atoms with E-state index in [4.69, 9.17) is 0 Å². The Hall–Kier alpha value is -2.58. The third-order valence-electron chi connectivity index (χ3n) is 2.51. The summed E-state index contributed by atoms with van der Waals surface area (Å²) in [6, 6.07) is 10.5. The maximum atomic E-state index is 10.7. The second-order valence-electron chi connectivity index (χ2n) is 3.98. The van der Waals surface area contributed by atoms with Crippen LogP contribution in [-0.4, -0.2) is 18.9 Å². The van der Waals surface area contributed by atoms with Crippen LogP contribution in [0.3, 0.4) is 0 Å². The quantitative estimate of drug-likeness (QED) is 0.623. The van der Waals surface area contributed by atoms with E-state index < -0.39 is 16.1 Å². The van der Waals surface area contributed by atoms with Crippen LogP contribution >= 0.6 is 0 Å². The lowest BCUT2D eigenvalue weighted by Crippen LogP contribution is -2.21. The van der Waals surface area contributed by atoms with Gasteiger partial charge in [0.15, 0.2) is 0 Å². The van der Waals surface area contributed by atoms with Gasteiger partial charge in [0.2, 0.25) is 0 Å².